The molecule has 1 aliphatic rings. The fourth-order valence-corrected chi connectivity index (χ4v) is 4.77. The van der Waals surface area contributed by atoms with Gasteiger partial charge in [-0.3, -0.25) is 4.99 Å². The van der Waals surface area contributed by atoms with Gasteiger partial charge in [0.1, 0.15) is 5.75 Å². The van der Waals surface area contributed by atoms with Crippen molar-refractivity contribution in [2.75, 3.05) is 59.3 Å². The number of aliphatic imine (C=N–C) groups is 1. The van der Waals surface area contributed by atoms with Crippen molar-refractivity contribution in [2.24, 2.45) is 4.99 Å². The minimum atomic E-state index is -3.51. The standard InChI is InChI=1S/C22H31N5O3S.HI/c1-23-22(24-17-18-9-5-8-12-21(18)31(28,29)25(2)3)27-15-13-26(14-16-27)19-10-6-7-11-20(19)30-4;/h5-12H,13-17H2,1-4H3,(H,23,24);1H. The van der Waals surface area contributed by atoms with E-state index in [-0.39, 0.29) is 24.0 Å². The lowest BCUT2D eigenvalue weighted by Gasteiger charge is -2.38. The average molecular weight is 574 g/mol. The van der Waals surface area contributed by atoms with Crippen molar-refractivity contribution in [3.8, 4) is 5.75 Å². The Morgan fingerprint density at radius 1 is 1.06 bits per heavy atom. The maximum absolute atomic E-state index is 12.6. The summed E-state index contributed by atoms with van der Waals surface area (Å²) in [4.78, 5) is 9.22. The van der Waals surface area contributed by atoms with E-state index < -0.39 is 10.0 Å². The molecule has 0 unspecified atom stereocenters. The molecule has 176 valence electrons. The van der Waals surface area contributed by atoms with Gasteiger partial charge in [0.25, 0.3) is 0 Å². The second-order valence-electron chi connectivity index (χ2n) is 7.44. The number of nitrogens with zero attached hydrogens (tertiary/aromatic N) is 4. The Bertz CT molecular complexity index is 1020. The van der Waals surface area contributed by atoms with Gasteiger partial charge in [0.2, 0.25) is 10.0 Å². The molecule has 3 rings (SSSR count). The van der Waals surface area contributed by atoms with E-state index in [1.165, 1.54) is 4.31 Å². The van der Waals surface area contributed by atoms with Gasteiger partial charge in [-0.05, 0) is 23.8 Å². The summed E-state index contributed by atoms with van der Waals surface area (Å²) in [6.45, 7) is 3.66. The van der Waals surface area contributed by atoms with Crippen LogP contribution in [0.4, 0.5) is 5.69 Å². The van der Waals surface area contributed by atoms with E-state index in [0.717, 1.165) is 43.6 Å². The molecule has 1 heterocycles. The summed E-state index contributed by atoms with van der Waals surface area (Å²) in [5.41, 5.74) is 1.81. The first kappa shape index (κ1) is 26.2. The van der Waals surface area contributed by atoms with Crippen molar-refractivity contribution in [1.29, 1.82) is 0 Å². The Morgan fingerprint density at radius 3 is 2.31 bits per heavy atom. The number of piperazine rings is 1. The highest BCUT2D eigenvalue weighted by molar-refractivity contribution is 14.0. The fraction of sp³-hybridized carbons (Fsp3) is 0.409. The zero-order chi connectivity index (χ0) is 22.4. The number of methoxy groups -OCH3 is 1. The number of para-hydroxylation sites is 2. The van der Waals surface area contributed by atoms with E-state index in [9.17, 15) is 8.42 Å². The maximum atomic E-state index is 12.6. The second-order valence-corrected chi connectivity index (χ2v) is 9.56. The fourth-order valence-electron chi connectivity index (χ4n) is 3.65. The van der Waals surface area contributed by atoms with Crippen molar-refractivity contribution < 1.29 is 13.2 Å². The predicted octanol–water partition coefficient (Wildman–Crippen LogP) is 2.46. The van der Waals surface area contributed by atoms with Crippen LogP contribution in [0.1, 0.15) is 5.56 Å². The van der Waals surface area contributed by atoms with Crippen LogP contribution in [-0.2, 0) is 16.6 Å². The molecule has 32 heavy (non-hydrogen) atoms. The van der Waals surface area contributed by atoms with Gasteiger partial charge in [-0.15, -0.1) is 24.0 Å². The van der Waals surface area contributed by atoms with E-state index in [4.69, 9.17) is 4.74 Å². The van der Waals surface area contributed by atoms with Crippen molar-refractivity contribution in [3.05, 3.63) is 54.1 Å². The highest BCUT2D eigenvalue weighted by atomic mass is 127. The smallest absolute Gasteiger partial charge is 0.242 e. The molecule has 0 saturated carbocycles. The van der Waals surface area contributed by atoms with E-state index in [0.29, 0.717) is 17.0 Å². The number of hydrogen-bond acceptors (Lipinski definition) is 5. The average Bonchev–Trinajstić information content (AvgIpc) is 2.80. The number of sulfonamides is 1. The molecular formula is C22H32IN5O3S. The Kier molecular flexibility index (Phi) is 9.59. The van der Waals surface area contributed by atoms with E-state index in [2.05, 4.69) is 26.2 Å². The molecule has 0 atom stereocenters. The van der Waals surface area contributed by atoms with Gasteiger partial charge >= 0.3 is 0 Å². The first-order chi connectivity index (χ1) is 14.9. The zero-order valence-electron chi connectivity index (χ0n) is 19.0. The van der Waals surface area contributed by atoms with Gasteiger partial charge in [0, 0.05) is 53.9 Å². The Hall–Kier alpha value is -2.05. The quantitative estimate of drug-likeness (QED) is 0.325. The lowest BCUT2D eigenvalue weighted by Crippen LogP contribution is -2.52. The van der Waals surface area contributed by atoms with Crippen molar-refractivity contribution in [3.63, 3.8) is 0 Å². The highest BCUT2D eigenvalue weighted by Gasteiger charge is 2.23. The summed E-state index contributed by atoms with van der Waals surface area (Å²) in [5.74, 6) is 1.63. The van der Waals surface area contributed by atoms with Crippen LogP contribution in [0.15, 0.2) is 58.4 Å². The summed E-state index contributed by atoms with van der Waals surface area (Å²) < 4.78 is 32.0. The van der Waals surface area contributed by atoms with E-state index in [1.807, 2.05) is 30.3 Å². The van der Waals surface area contributed by atoms with Crippen LogP contribution in [0.3, 0.4) is 0 Å². The molecule has 1 fully saturated rings. The SMILES string of the molecule is CN=C(NCc1ccccc1S(=O)(=O)N(C)C)N1CCN(c2ccccc2OC)CC1.I. The van der Waals surface area contributed by atoms with Crippen molar-refractivity contribution >= 4 is 45.6 Å². The van der Waals surface area contributed by atoms with Crippen LogP contribution >= 0.6 is 24.0 Å². The number of nitrogens with one attached hydrogen (secondary N) is 1. The molecule has 0 radical (unpaired) electrons. The molecule has 1 N–H and O–H groups in total. The number of benzene rings is 2. The number of hydrogen-bond donors (Lipinski definition) is 1. The first-order valence-electron chi connectivity index (χ1n) is 10.2. The van der Waals surface area contributed by atoms with Gasteiger partial charge in [-0.25, -0.2) is 12.7 Å². The lowest BCUT2D eigenvalue weighted by atomic mass is 10.2. The maximum Gasteiger partial charge on any atom is 0.242 e. The summed E-state index contributed by atoms with van der Waals surface area (Å²) in [7, 11) is 3.01. The van der Waals surface area contributed by atoms with Gasteiger partial charge in [-0.1, -0.05) is 30.3 Å². The predicted molar refractivity (Wildman–Crippen MR) is 140 cm³/mol. The van der Waals surface area contributed by atoms with Gasteiger partial charge in [0.05, 0.1) is 17.7 Å². The van der Waals surface area contributed by atoms with Crippen LogP contribution in [0.2, 0.25) is 0 Å². The Labute approximate surface area is 208 Å². The highest BCUT2D eigenvalue weighted by Crippen LogP contribution is 2.28. The molecule has 0 aliphatic carbocycles. The van der Waals surface area contributed by atoms with E-state index >= 15 is 0 Å². The van der Waals surface area contributed by atoms with Crippen LogP contribution in [0.5, 0.6) is 5.75 Å². The molecule has 1 saturated heterocycles. The number of ether oxygens (including phenoxy) is 1. The first-order valence-corrected chi connectivity index (χ1v) is 11.7. The molecule has 1 aliphatic heterocycles. The third kappa shape index (κ3) is 5.84. The van der Waals surface area contributed by atoms with Crippen LogP contribution < -0.4 is 15.0 Å². The number of anilines is 1. The molecule has 8 nitrogen and oxygen atoms in total. The third-order valence-electron chi connectivity index (χ3n) is 5.39. The van der Waals surface area contributed by atoms with Gasteiger partial charge in [-0.2, -0.15) is 0 Å². The largest absolute Gasteiger partial charge is 0.495 e. The molecule has 0 bridgehead atoms. The van der Waals surface area contributed by atoms with Crippen LogP contribution in [0, 0.1) is 0 Å². The molecule has 2 aromatic rings. The lowest BCUT2D eigenvalue weighted by molar-refractivity contribution is 0.367. The van der Waals surface area contributed by atoms with E-state index in [1.54, 1.807) is 40.4 Å². The number of guanidine groups is 1. The molecule has 0 amide bonds. The second kappa shape index (κ2) is 11.7. The Morgan fingerprint density at radius 2 is 1.69 bits per heavy atom. The molecular weight excluding hydrogens is 541 g/mol. The normalized spacial score (nSPS) is 14.8. The minimum Gasteiger partial charge on any atom is -0.495 e. The number of rotatable bonds is 6. The third-order valence-corrected chi connectivity index (χ3v) is 7.30. The molecule has 2 aromatic carbocycles. The summed E-state index contributed by atoms with van der Waals surface area (Å²) in [6.07, 6.45) is 0. The molecule has 0 spiro atoms. The van der Waals surface area contributed by atoms with Crippen LogP contribution in [-0.4, -0.2) is 78.0 Å². The van der Waals surface area contributed by atoms with Crippen molar-refractivity contribution in [1.82, 2.24) is 14.5 Å². The summed E-state index contributed by atoms with van der Waals surface area (Å²) in [5, 5.41) is 3.33. The number of halogens is 1. The molecule has 10 heteroatoms. The minimum absolute atomic E-state index is 0. The molecule has 0 aromatic heterocycles. The van der Waals surface area contributed by atoms with Crippen molar-refractivity contribution in [2.45, 2.75) is 11.4 Å². The topological polar surface area (TPSA) is 77.5 Å². The Balaban J connectivity index is 0.00000363. The zero-order valence-corrected chi connectivity index (χ0v) is 22.1. The summed E-state index contributed by atoms with van der Waals surface area (Å²) >= 11 is 0. The van der Waals surface area contributed by atoms with Gasteiger partial charge in [0.15, 0.2) is 5.96 Å². The summed E-state index contributed by atoms with van der Waals surface area (Å²) in [6, 6.07) is 15.1. The monoisotopic (exact) mass is 573 g/mol. The van der Waals surface area contributed by atoms with Gasteiger partial charge < -0.3 is 19.9 Å². The van der Waals surface area contributed by atoms with Crippen LogP contribution in [0.25, 0.3) is 0 Å².